The van der Waals surface area contributed by atoms with Crippen molar-refractivity contribution in [2.45, 2.75) is 112 Å². The van der Waals surface area contributed by atoms with Crippen LogP contribution in [0.15, 0.2) is 0 Å². The number of fused-ring (bicyclic) bond motifs is 6. The van der Waals surface area contributed by atoms with Crippen LogP contribution in [0, 0.1) is 23.7 Å². The van der Waals surface area contributed by atoms with Gasteiger partial charge in [-0.1, -0.05) is 0 Å². The van der Waals surface area contributed by atoms with E-state index in [1.807, 2.05) is 0 Å². The summed E-state index contributed by atoms with van der Waals surface area (Å²) >= 11 is 0. The van der Waals surface area contributed by atoms with Gasteiger partial charge < -0.3 is 39.2 Å². The molecule has 2 amide bonds. The minimum absolute atomic E-state index is 0.0293. The van der Waals surface area contributed by atoms with Gasteiger partial charge in [0.25, 0.3) is 0 Å². The average Bonchev–Trinajstić information content (AvgIpc) is 3.32. The molecule has 10 heteroatoms. The molecule has 40 heavy (non-hydrogen) atoms. The second-order valence-corrected chi connectivity index (χ2v) is 13.3. The van der Waals surface area contributed by atoms with Crippen molar-refractivity contribution in [3.05, 3.63) is 0 Å². The predicted molar refractivity (Wildman–Crippen MR) is 144 cm³/mol. The van der Waals surface area contributed by atoms with Crippen molar-refractivity contribution in [1.29, 1.82) is 0 Å². The molecular weight excluding hydrogens is 514 g/mol. The van der Waals surface area contributed by atoms with Crippen molar-refractivity contribution < 1.29 is 33.3 Å². The third-order valence-corrected chi connectivity index (χ3v) is 11.5. The highest BCUT2D eigenvalue weighted by molar-refractivity contribution is 5.83. The van der Waals surface area contributed by atoms with Crippen LogP contribution in [0.1, 0.15) is 57.8 Å². The molecule has 4 aliphatic heterocycles. The van der Waals surface area contributed by atoms with Crippen LogP contribution in [0.3, 0.4) is 0 Å². The van der Waals surface area contributed by atoms with Gasteiger partial charge in [0.1, 0.15) is 6.61 Å². The fourth-order valence-electron chi connectivity index (χ4n) is 9.95. The Hall–Kier alpha value is -1.30. The Bertz CT molecular complexity index is 952. The van der Waals surface area contributed by atoms with Gasteiger partial charge in [-0.05, 0) is 82.1 Å². The lowest BCUT2D eigenvalue weighted by atomic mass is 9.64. The molecule has 224 valence electrons. The highest BCUT2D eigenvalue weighted by Crippen LogP contribution is 2.54. The first-order valence-corrected chi connectivity index (χ1v) is 15.8. The summed E-state index contributed by atoms with van der Waals surface area (Å²) < 4.78 is 29.6. The van der Waals surface area contributed by atoms with E-state index in [-0.39, 0.29) is 73.0 Å². The zero-order valence-electron chi connectivity index (χ0n) is 24.0. The smallest absolute Gasteiger partial charge is 0.246 e. The quantitative estimate of drug-likeness (QED) is 0.499. The fraction of sp³-hybridized carbons (Fsp3) is 0.933. The Morgan fingerprint density at radius 3 is 2.62 bits per heavy atom. The van der Waals surface area contributed by atoms with Gasteiger partial charge in [0.05, 0.1) is 55.7 Å². The lowest BCUT2D eigenvalue weighted by Crippen LogP contribution is -2.70. The topological polar surface area (TPSA) is 108 Å². The molecule has 7 aliphatic rings. The largest absolute Gasteiger partial charge is 0.379 e. The van der Waals surface area contributed by atoms with E-state index in [9.17, 15) is 9.59 Å². The van der Waals surface area contributed by atoms with Crippen molar-refractivity contribution in [2.24, 2.45) is 23.7 Å². The Labute approximate surface area is 237 Å². The molecule has 10 nitrogen and oxygen atoms in total. The molecule has 4 heterocycles. The third kappa shape index (κ3) is 4.71. The van der Waals surface area contributed by atoms with Crippen LogP contribution in [-0.4, -0.2) is 112 Å². The molecule has 3 saturated carbocycles. The van der Waals surface area contributed by atoms with Gasteiger partial charge in [-0.15, -0.1) is 0 Å². The van der Waals surface area contributed by atoms with Gasteiger partial charge >= 0.3 is 0 Å². The fourth-order valence-corrected chi connectivity index (χ4v) is 9.95. The summed E-state index contributed by atoms with van der Waals surface area (Å²) in [4.78, 5) is 29.3. The molecule has 0 aromatic rings. The van der Waals surface area contributed by atoms with Gasteiger partial charge in [-0.25, -0.2) is 0 Å². The van der Waals surface area contributed by atoms with Gasteiger partial charge in [-0.3, -0.25) is 9.59 Å². The molecule has 7 fully saturated rings. The van der Waals surface area contributed by atoms with Gasteiger partial charge in [0.15, 0.2) is 0 Å². The van der Waals surface area contributed by atoms with Crippen LogP contribution in [0.5, 0.6) is 0 Å². The van der Waals surface area contributed by atoms with E-state index < -0.39 is 0 Å². The lowest BCUT2D eigenvalue weighted by molar-refractivity contribution is -0.175. The molecule has 0 aromatic heterocycles. The molecule has 0 spiro atoms. The van der Waals surface area contributed by atoms with Crippen LogP contribution >= 0.6 is 0 Å². The minimum atomic E-state index is -0.191. The normalized spacial score (nSPS) is 48.0. The Morgan fingerprint density at radius 2 is 1.80 bits per heavy atom. The summed E-state index contributed by atoms with van der Waals surface area (Å²) in [6.07, 6.45) is 8.55. The summed E-state index contributed by atoms with van der Waals surface area (Å²) in [7, 11) is 3.46. The van der Waals surface area contributed by atoms with E-state index in [4.69, 9.17) is 23.7 Å². The van der Waals surface area contributed by atoms with Crippen molar-refractivity contribution in [2.75, 3.05) is 40.6 Å². The summed E-state index contributed by atoms with van der Waals surface area (Å²) in [6, 6.07) is 0.960. The SMILES string of the molecule is COC1CCC2C3NCCC4C5CC(OCC(=O)NC6CCC7OCCOC7C6)CCC5N(C(=O)C2C1OC)C43. The van der Waals surface area contributed by atoms with Crippen LogP contribution in [0.4, 0.5) is 0 Å². The van der Waals surface area contributed by atoms with Crippen molar-refractivity contribution in [3.63, 3.8) is 0 Å². The Morgan fingerprint density at radius 1 is 0.950 bits per heavy atom. The molecule has 13 unspecified atom stereocenters. The zero-order valence-corrected chi connectivity index (χ0v) is 24.0. The maximum atomic E-state index is 14.2. The lowest BCUT2D eigenvalue weighted by Gasteiger charge is -2.55. The van der Waals surface area contributed by atoms with Gasteiger partial charge in [-0.2, -0.15) is 0 Å². The number of piperidine rings is 2. The third-order valence-electron chi connectivity index (χ3n) is 11.5. The second kappa shape index (κ2) is 11.4. The predicted octanol–water partition coefficient (Wildman–Crippen LogP) is 1.25. The van der Waals surface area contributed by atoms with Crippen LogP contribution in [-0.2, 0) is 33.3 Å². The molecular formula is C30H47N3O7. The van der Waals surface area contributed by atoms with Crippen LogP contribution in [0.25, 0.3) is 0 Å². The molecule has 0 radical (unpaired) electrons. The number of carbonyl (C=O) groups is 2. The summed E-state index contributed by atoms with van der Waals surface area (Å²) in [5.74, 6) is 1.32. The first-order valence-electron chi connectivity index (χ1n) is 15.8. The van der Waals surface area contributed by atoms with E-state index in [2.05, 4.69) is 15.5 Å². The van der Waals surface area contributed by atoms with E-state index in [0.29, 0.717) is 37.0 Å². The standard InChI is InChI=1S/C30H47N3O7/c1-36-23-8-5-19-26(29(23)37-2)30(35)33-21-6-4-17(14-20(21)18-9-10-31-27(19)28(18)33)40-15-25(34)32-16-3-7-22-24(13-16)39-12-11-38-22/h16-24,26-29,31H,3-15H2,1-2H3,(H,32,34). The van der Waals surface area contributed by atoms with Crippen molar-refractivity contribution >= 4 is 11.8 Å². The monoisotopic (exact) mass is 561 g/mol. The highest BCUT2D eigenvalue weighted by atomic mass is 16.6. The van der Waals surface area contributed by atoms with Gasteiger partial charge in [0, 0.05) is 32.3 Å². The molecule has 13 atom stereocenters. The average molecular weight is 562 g/mol. The molecule has 0 bridgehead atoms. The Balaban J connectivity index is 0.981. The number of nitrogens with zero attached hydrogens (tertiary/aromatic N) is 1. The zero-order chi connectivity index (χ0) is 27.4. The first kappa shape index (κ1) is 27.5. The van der Waals surface area contributed by atoms with Gasteiger partial charge in [0.2, 0.25) is 11.8 Å². The first-order chi connectivity index (χ1) is 19.6. The summed E-state index contributed by atoms with van der Waals surface area (Å²) in [6.45, 7) is 2.40. The maximum Gasteiger partial charge on any atom is 0.246 e. The number of nitrogens with one attached hydrogen (secondary N) is 2. The minimum Gasteiger partial charge on any atom is -0.379 e. The number of ether oxygens (including phenoxy) is 5. The number of hydrogen-bond acceptors (Lipinski definition) is 8. The highest BCUT2D eigenvalue weighted by Gasteiger charge is 2.64. The second-order valence-electron chi connectivity index (χ2n) is 13.3. The van der Waals surface area contributed by atoms with Crippen LogP contribution in [0.2, 0.25) is 0 Å². The maximum absolute atomic E-state index is 14.2. The molecule has 4 saturated heterocycles. The Kier molecular flexibility index (Phi) is 7.85. The summed E-state index contributed by atoms with van der Waals surface area (Å²) in [5.41, 5.74) is 0. The van der Waals surface area contributed by atoms with E-state index >= 15 is 0 Å². The number of hydrogen-bond donors (Lipinski definition) is 2. The van der Waals surface area contributed by atoms with Crippen LogP contribution < -0.4 is 10.6 Å². The van der Waals surface area contributed by atoms with E-state index in [1.54, 1.807) is 14.2 Å². The van der Waals surface area contributed by atoms with Crippen molar-refractivity contribution in [3.8, 4) is 0 Å². The molecule has 2 N–H and O–H groups in total. The van der Waals surface area contributed by atoms with Crippen molar-refractivity contribution in [1.82, 2.24) is 15.5 Å². The van der Waals surface area contributed by atoms with E-state index in [0.717, 1.165) is 64.3 Å². The number of carbonyl (C=O) groups excluding carboxylic acids is 2. The molecule has 3 aliphatic carbocycles. The number of methoxy groups -OCH3 is 2. The van der Waals surface area contributed by atoms with E-state index in [1.165, 1.54) is 0 Å². The number of rotatable bonds is 6. The molecule has 0 aromatic carbocycles. The molecule has 7 rings (SSSR count). The number of amides is 2. The summed E-state index contributed by atoms with van der Waals surface area (Å²) in [5, 5.41) is 7.03.